The number of benzene rings is 3. The number of β-amino-alcohol motifs (C(OH)–C–C–N with tert-alkyl or cyclic N) is 1. The molecule has 34 heavy (non-hydrogen) atoms. The summed E-state index contributed by atoms with van der Waals surface area (Å²) in [6, 6.07) is 27.4. The van der Waals surface area contributed by atoms with E-state index in [9.17, 15) is 19.8 Å². The Bertz CT molecular complexity index is 1160. The van der Waals surface area contributed by atoms with Crippen molar-refractivity contribution in [3.05, 3.63) is 108 Å². The SMILES string of the molecule is O=C(OCc1ccccc1)N1CC(O)C(O)[C@]12C(=O)N(Cc1ccccc1)[C@@H]2c1ccccc1. The van der Waals surface area contributed by atoms with Gasteiger partial charge in [0, 0.05) is 6.54 Å². The molecule has 0 aliphatic carbocycles. The molecular formula is C27H26N2O5. The van der Waals surface area contributed by atoms with E-state index in [0.717, 1.165) is 16.7 Å². The zero-order valence-electron chi connectivity index (χ0n) is 18.5. The van der Waals surface area contributed by atoms with Crippen molar-refractivity contribution in [1.29, 1.82) is 0 Å². The standard InChI is InChI=1S/C27H26N2O5/c30-22-17-29(26(33)34-18-20-12-6-2-7-13-20)27(24(22)31)23(21-14-8-3-9-15-21)28(25(27)32)16-19-10-4-1-5-11-19/h1-15,22-24,30-31H,16-18H2/t22?,23-,24?,27-/m1/s1. The topological polar surface area (TPSA) is 90.3 Å². The predicted octanol–water partition coefficient (Wildman–Crippen LogP) is 2.88. The van der Waals surface area contributed by atoms with Crippen molar-refractivity contribution < 1.29 is 24.5 Å². The van der Waals surface area contributed by atoms with Crippen LogP contribution >= 0.6 is 0 Å². The van der Waals surface area contributed by atoms with Crippen molar-refractivity contribution in [2.75, 3.05) is 6.54 Å². The summed E-state index contributed by atoms with van der Waals surface area (Å²) in [5, 5.41) is 21.7. The minimum atomic E-state index is -1.64. The van der Waals surface area contributed by atoms with Gasteiger partial charge in [0.1, 0.15) is 18.8 Å². The Morgan fingerprint density at radius 1 is 0.882 bits per heavy atom. The number of carbonyl (C=O) groups is 2. The number of carbonyl (C=O) groups excluding carboxylic acids is 2. The van der Waals surface area contributed by atoms with Crippen LogP contribution in [0.3, 0.4) is 0 Å². The zero-order chi connectivity index (χ0) is 23.7. The predicted molar refractivity (Wildman–Crippen MR) is 124 cm³/mol. The first-order valence-corrected chi connectivity index (χ1v) is 11.3. The zero-order valence-corrected chi connectivity index (χ0v) is 18.5. The molecular weight excluding hydrogens is 432 g/mol. The van der Waals surface area contributed by atoms with Gasteiger partial charge in [-0.1, -0.05) is 91.0 Å². The molecule has 2 aliphatic rings. The van der Waals surface area contributed by atoms with Crippen molar-refractivity contribution in [1.82, 2.24) is 9.80 Å². The summed E-state index contributed by atoms with van der Waals surface area (Å²) in [7, 11) is 0. The highest BCUT2D eigenvalue weighted by Crippen LogP contribution is 2.53. The fourth-order valence-corrected chi connectivity index (χ4v) is 5.11. The molecule has 7 heteroatoms. The highest BCUT2D eigenvalue weighted by molar-refractivity contribution is 5.99. The van der Waals surface area contributed by atoms with Crippen LogP contribution in [0.1, 0.15) is 22.7 Å². The molecule has 0 aromatic heterocycles. The fraction of sp³-hybridized carbons (Fsp3) is 0.259. The van der Waals surface area contributed by atoms with Crippen LogP contribution in [0.5, 0.6) is 0 Å². The van der Waals surface area contributed by atoms with Crippen LogP contribution in [-0.2, 0) is 22.7 Å². The number of aliphatic hydroxyl groups excluding tert-OH is 2. The molecule has 174 valence electrons. The van der Waals surface area contributed by atoms with E-state index in [4.69, 9.17) is 4.74 Å². The third kappa shape index (κ3) is 3.54. The number of hydrogen-bond donors (Lipinski definition) is 2. The number of nitrogens with zero attached hydrogens (tertiary/aromatic N) is 2. The van der Waals surface area contributed by atoms with Gasteiger partial charge in [0.2, 0.25) is 0 Å². The quantitative estimate of drug-likeness (QED) is 0.574. The van der Waals surface area contributed by atoms with Crippen LogP contribution in [0.15, 0.2) is 91.0 Å². The molecule has 1 spiro atoms. The summed E-state index contributed by atoms with van der Waals surface area (Å²) in [6.45, 7) is 0.149. The minimum absolute atomic E-state index is 0.0242. The Kier molecular flexibility index (Phi) is 5.81. The van der Waals surface area contributed by atoms with E-state index in [1.807, 2.05) is 91.0 Å². The molecule has 0 radical (unpaired) electrons. The second-order valence-corrected chi connectivity index (χ2v) is 8.72. The number of aliphatic hydroxyl groups is 2. The minimum Gasteiger partial charge on any atom is -0.445 e. The molecule has 0 bridgehead atoms. The molecule has 4 atom stereocenters. The third-order valence-corrected chi connectivity index (χ3v) is 6.70. The molecule has 0 saturated carbocycles. The van der Waals surface area contributed by atoms with Gasteiger partial charge in [0.15, 0.2) is 5.54 Å². The van der Waals surface area contributed by atoms with Crippen molar-refractivity contribution in [3.8, 4) is 0 Å². The summed E-state index contributed by atoms with van der Waals surface area (Å²) in [5.74, 6) is -0.411. The largest absolute Gasteiger partial charge is 0.445 e. The Morgan fingerprint density at radius 2 is 1.44 bits per heavy atom. The molecule has 5 rings (SSSR count). The van der Waals surface area contributed by atoms with Gasteiger partial charge in [-0.05, 0) is 16.7 Å². The van der Waals surface area contributed by atoms with E-state index in [0.29, 0.717) is 6.54 Å². The van der Waals surface area contributed by atoms with E-state index in [2.05, 4.69) is 0 Å². The van der Waals surface area contributed by atoms with Gasteiger partial charge in [0.25, 0.3) is 5.91 Å². The van der Waals surface area contributed by atoms with Crippen molar-refractivity contribution in [3.63, 3.8) is 0 Å². The lowest BCUT2D eigenvalue weighted by Crippen LogP contribution is -2.77. The number of ether oxygens (including phenoxy) is 1. The Hall–Kier alpha value is -3.68. The molecule has 2 fully saturated rings. The molecule has 2 N–H and O–H groups in total. The molecule has 7 nitrogen and oxygen atoms in total. The number of amides is 2. The molecule has 2 amide bonds. The second-order valence-electron chi connectivity index (χ2n) is 8.72. The van der Waals surface area contributed by atoms with Crippen molar-refractivity contribution >= 4 is 12.0 Å². The smallest absolute Gasteiger partial charge is 0.411 e. The number of rotatable bonds is 5. The average molecular weight is 459 g/mol. The number of hydrogen-bond acceptors (Lipinski definition) is 5. The summed E-state index contributed by atoms with van der Waals surface area (Å²) in [5.41, 5.74) is 0.865. The molecule has 2 heterocycles. The first-order chi connectivity index (χ1) is 16.5. The van der Waals surface area contributed by atoms with E-state index in [1.54, 1.807) is 4.90 Å². The summed E-state index contributed by atoms with van der Waals surface area (Å²) in [6.07, 6.45) is -3.45. The lowest BCUT2D eigenvalue weighted by molar-refractivity contribution is -0.187. The second kappa shape index (κ2) is 8.93. The highest BCUT2D eigenvalue weighted by atomic mass is 16.6. The van der Waals surface area contributed by atoms with Crippen molar-refractivity contribution in [2.45, 2.75) is 36.9 Å². The third-order valence-electron chi connectivity index (χ3n) is 6.70. The molecule has 3 aromatic carbocycles. The average Bonchev–Trinajstić information content (AvgIpc) is 3.16. The van der Waals surface area contributed by atoms with Gasteiger partial charge < -0.3 is 19.8 Å². The Labute approximate surface area is 197 Å². The number of β-lactam (4-membered cyclic amide) rings is 1. The van der Waals surface area contributed by atoms with E-state index < -0.39 is 35.8 Å². The Balaban J connectivity index is 1.49. The van der Waals surface area contributed by atoms with Crippen LogP contribution in [-0.4, -0.2) is 56.3 Å². The molecule has 2 aliphatic heterocycles. The molecule has 2 unspecified atom stereocenters. The molecule has 3 aromatic rings. The van der Waals surface area contributed by atoms with Gasteiger partial charge in [-0.25, -0.2) is 4.79 Å². The van der Waals surface area contributed by atoms with E-state index >= 15 is 0 Å². The van der Waals surface area contributed by atoms with Gasteiger partial charge in [-0.15, -0.1) is 0 Å². The lowest BCUT2D eigenvalue weighted by Gasteiger charge is -2.58. The van der Waals surface area contributed by atoms with Crippen LogP contribution in [0, 0.1) is 0 Å². The highest BCUT2D eigenvalue weighted by Gasteiger charge is 2.73. The first-order valence-electron chi connectivity index (χ1n) is 11.3. The maximum atomic E-state index is 13.7. The van der Waals surface area contributed by atoms with Crippen LogP contribution < -0.4 is 0 Å². The summed E-state index contributed by atoms with van der Waals surface area (Å²) in [4.78, 5) is 29.8. The van der Waals surface area contributed by atoms with E-state index in [1.165, 1.54) is 4.90 Å². The summed E-state index contributed by atoms with van der Waals surface area (Å²) >= 11 is 0. The normalized spacial score (nSPS) is 25.9. The fourth-order valence-electron chi connectivity index (χ4n) is 5.11. The summed E-state index contributed by atoms with van der Waals surface area (Å²) < 4.78 is 5.52. The van der Waals surface area contributed by atoms with Gasteiger partial charge in [0.05, 0.1) is 12.6 Å². The van der Waals surface area contributed by atoms with Gasteiger partial charge in [-0.2, -0.15) is 0 Å². The van der Waals surface area contributed by atoms with E-state index in [-0.39, 0.29) is 13.2 Å². The van der Waals surface area contributed by atoms with Crippen LogP contribution in [0.2, 0.25) is 0 Å². The maximum absolute atomic E-state index is 13.7. The maximum Gasteiger partial charge on any atom is 0.411 e. The molecule has 2 saturated heterocycles. The first kappa shape index (κ1) is 22.1. The van der Waals surface area contributed by atoms with Gasteiger partial charge >= 0.3 is 6.09 Å². The van der Waals surface area contributed by atoms with Crippen LogP contribution in [0.4, 0.5) is 4.79 Å². The van der Waals surface area contributed by atoms with Crippen LogP contribution in [0.25, 0.3) is 0 Å². The van der Waals surface area contributed by atoms with Crippen molar-refractivity contribution in [2.24, 2.45) is 0 Å². The lowest BCUT2D eigenvalue weighted by atomic mass is 9.71. The Morgan fingerprint density at radius 3 is 2.06 bits per heavy atom. The monoisotopic (exact) mass is 458 g/mol. The number of likely N-dealkylation sites (tertiary alicyclic amines) is 2. The van der Waals surface area contributed by atoms with Gasteiger partial charge in [-0.3, -0.25) is 9.69 Å².